The van der Waals surface area contributed by atoms with Crippen LogP contribution in [0.1, 0.15) is 46.0 Å². The van der Waals surface area contributed by atoms with Gasteiger partial charge < -0.3 is 10.1 Å². The molecular formula is C16H25NO. The molecule has 1 aliphatic rings. The Morgan fingerprint density at radius 1 is 1.28 bits per heavy atom. The van der Waals surface area contributed by atoms with Crippen LogP contribution in [0, 0.1) is 5.92 Å². The average Bonchev–Trinajstić information content (AvgIpc) is 2.84. The van der Waals surface area contributed by atoms with Crippen molar-refractivity contribution >= 4 is 5.69 Å². The van der Waals surface area contributed by atoms with Crippen LogP contribution in [-0.4, -0.2) is 12.6 Å². The van der Waals surface area contributed by atoms with Gasteiger partial charge in [0.05, 0.1) is 6.61 Å². The van der Waals surface area contributed by atoms with Crippen molar-refractivity contribution < 1.29 is 4.74 Å². The minimum absolute atomic E-state index is 0.649. The van der Waals surface area contributed by atoms with Gasteiger partial charge in [-0.1, -0.05) is 26.3 Å². The van der Waals surface area contributed by atoms with Crippen molar-refractivity contribution in [2.45, 2.75) is 52.0 Å². The normalized spacial score (nSPS) is 23.0. The molecule has 1 aromatic carbocycles. The van der Waals surface area contributed by atoms with E-state index >= 15 is 0 Å². The van der Waals surface area contributed by atoms with E-state index in [1.165, 1.54) is 31.4 Å². The van der Waals surface area contributed by atoms with Gasteiger partial charge >= 0.3 is 0 Å². The fourth-order valence-electron chi connectivity index (χ4n) is 2.71. The summed E-state index contributed by atoms with van der Waals surface area (Å²) in [5, 5.41) is 3.64. The largest absolute Gasteiger partial charge is 0.494 e. The highest BCUT2D eigenvalue weighted by Crippen LogP contribution is 2.30. The number of benzene rings is 1. The van der Waals surface area contributed by atoms with Gasteiger partial charge in [0.15, 0.2) is 0 Å². The Balaban J connectivity index is 1.89. The third-order valence-electron chi connectivity index (χ3n) is 3.80. The van der Waals surface area contributed by atoms with Crippen LogP contribution in [0.4, 0.5) is 5.69 Å². The maximum atomic E-state index is 5.66. The van der Waals surface area contributed by atoms with Crippen LogP contribution in [0.15, 0.2) is 24.3 Å². The predicted octanol–water partition coefficient (Wildman–Crippen LogP) is 4.47. The number of hydrogen-bond donors (Lipinski definition) is 1. The summed E-state index contributed by atoms with van der Waals surface area (Å²) in [5.74, 6) is 1.90. The van der Waals surface area contributed by atoms with Crippen LogP contribution in [0.3, 0.4) is 0 Å². The van der Waals surface area contributed by atoms with Gasteiger partial charge in [-0.3, -0.25) is 0 Å². The van der Waals surface area contributed by atoms with Gasteiger partial charge in [-0.15, -0.1) is 0 Å². The summed E-state index contributed by atoms with van der Waals surface area (Å²) < 4.78 is 5.66. The lowest BCUT2D eigenvalue weighted by Crippen LogP contribution is -2.15. The van der Waals surface area contributed by atoms with Gasteiger partial charge in [0, 0.05) is 17.8 Å². The van der Waals surface area contributed by atoms with E-state index in [4.69, 9.17) is 4.74 Å². The molecule has 0 aromatic heterocycles. The zero-order chi connectivity index (χ0) is 12.8. The maximum absolute atomic E-state index is 5.66. The standard InChI is InChI=1S/C16H25NO/c1-3-10-18-16-7-5-6-14(12-16)17-15-9-8-13(4-2)11-15/h5-7,12-13,15,17H,3-4,8-11H2,1-2H3. The Labute approximate surface area is 111 Å². The summed E-state index contributed by atoms with van der Waals surface area (Å²) in [5.41, 5.74) is 1.20. The Hall–Kier alpha value is -1.18. The molecule has 0 aliphatic heterocycles. The summed E-state index contributed by atoms with van der Waals surface area (Å²) >= 11 is 0. The highest BCUT2D eigenvalue weighted by atomic mass is 16.5. The molecule has 1 aliphatic carbocycles. The molecule has 2 rings (SSSR count). The van der Waals surface area contributed by atoms with E-state index in [0.717, 1.165) is 24.7 Å². The molecular weight excluding hydrogens is 222 g/mol. The fraction of sp³-hybridized carbons (Fsp3) is 0.625. The lowest BCUT2D eigenvalue weighted by atomic mass is 10.1. The molecule has 0 bridgehead atoms. The second-order valence-corrected chi connectivity index (χ2v) is 5.30. The topological polar surface area (TPSA) is 21.3 Å². The van der Waals surface area contributed by atoms with E-state index in [0.29, 0.717) is 6.04 Å². The first kappa shape index (κ1) is 13.3. The molecule has 2 heteroatoms. The lowest BCUT2D eigenvalue weighted by Gasteiger charge is -2.15. The van der Waals surface area contributed by atoms with Crippen molar-refractivity contribution in [1.29, 1.82) is 0 Å². The second kappa shape index (κ2) is 6.67. The van der Waals surface area contributed by atoms with Crippen LogP contribution in [0.5, 0.6) is 5.75 Å². The van der Waals surface area contributed by atoms with Crippen molar-refractivity contribution in [2.24, 2.45) is 5.92 Å². The van der Waals surface area contributed by atoms with Gasteiger partial charge in [-0.25, -0.2) is 0 Å². The van der Waals surface area contributed by atoms with E-state index in [2.05, 4.69) is 37.4 Å². The zero-order valence-corrected chi connectivity index (χ0v) is 11.6. The Morgan fingerprint density at radius 3 is 2.89 bits per heavy atom. The van der Waals surface area contributed by atoms with E-state index in [9.17, 15) is 0 Å². The number of rotatable bonds is 6. The predicted molar refractivity (Wildman–Crippen MR) is 77.3 cm³/mol. The van der Waals surface area contributed by atoms with E-state index in [-0.39, 0.29) is 0 Å². The van der Waals surface area contributed by atoms with E-state index in [1.54, 1.807) is 0 Å². The molecule has 1 fully saturated rings. The Kier molecular flexibility index (Phi) is 4.91. The SMILES string of the molecule is CCCOc1cccc(NC2CCC(CC)C2)c1. The molecule has 100 valence electrons. The van der Waals surface area contributed by atoms with Gasteiger partial charge in [0.1, 0.15) is 5.75 Å². The summed E-state index contributed by atoms with van der Waals surface area (Å²) in [6.07, 6.45) is 6.37. The van der Waals surface area contributed by atoms with Crippen molar-refractivity contribution in [3.05, 3.63) is 24.3 Å². The molecule has 1 saturated carbocycles. The van der Waals surface area contributed by atoms with Crippen LogP contribution in [0.2, 0.25) is 0 Å². The summed E-state index contributed by atoms with van der Waals surface area (Å²) in [4.78, 5) is 0. The van der Waals surface area contributed by atoms with Crippen LogP contribution < -0.4 is 10.1 Å². The first-order chi connectivity index (χ1) is 8.81. The van der Waals surface area contributed by atoms with Gasteiger partial charge in [0.25, 0.3) is 0 Å². The number of nitrogens with one attached hydrogen (secondary N) is 1. The minimum atomic E-state index is 0.649. The molecule has 2 nitrogen and oxygen atoms in total. The molecule has 2 atom stereocenters. The first-order valence-corrected chi connectivity index (χ1v) is 7.31. The number of anilines is 1. The van der Waals surface area contributed by atoms with E-state index < -0.39 is 0 Å². The molecule has 1 N–H and O–H groups in total. The molecule has 0 spiro atoms. The summed E-state index contributed by atoms with van der Waals surface area (Å²) in [6, 6.07) is 9.01. The second-order valence-electron chi connectivity index (χ2n) is 5.30. The molecule has 1 aromatic rings. The van der Waals surface area contributed by atoms with Crippen LogP contribution >= 0.6 is 0 Å². The van der Waals surface area contributed by atoms with Crippen molar-refractivity contribution in [1.82, 2.24) is 0 Å². The zero-order valence-electron chi connectivity index (χ0n) is 11.6. The van der Waals surface area contributed by atoms with Crippen LogP contribution in [0.25, 0.3) is 0 Å². The van der Waals surface area contributed by atoms with Gasteiger partial charge in [-0.05, 0) is 43.7 Å². The lowest BCUT2D eigenvalue weighted by molar-refractivity contribution is 0.317. The van der Waals surface area contributed by atoms with E-state index in [1.807, 2.05) is 6.07 Å². The summed E-state index contributed by atoms with van der Waals surface area (Å²) in [7, 11) is 0. The minimum Gasteiger partial charge on any atom is -0.494 e. The van der Waals surface area contributed by atoms with Crippen LogP contribution in [-0.2, 0) is 0 Å². The third kappa shape index (κ3) is 3.66. The Bertz CT molecular complexity index is 364. The molecule has 0 saturated heterocycles. The molecule has 0 heterocycles. The average molecular weight is 247 g/mol. The smallest absolute Gasteiger partial charge is 0.121 e. The number of ether oxygens (including phenoxy) is 1. The third-order valence-corrected chi connectivity index (χ3v) is 3.80. The Morgan fingerprint density at radius 2 is 2.17 bits per heavy atom. The highest BCUT2D eigenvalue weighted by molar-refractivity contribution is 5.49. The van der Waals surface area contributed by atoms with Gasteiger partial charge in [-0.2, -0.15) is 0 Å². The van der Waals surface area contributed by atoms with Crippen molar-refractivity contribution in [3.63, 3.8) is 0 Å². The fourth-order valence-corrected chi connectivity index (χ4v) is 2.71. The summed E-state index contributed by atoms with van der Waals surface area (Å²) in [6.45, 7) is 5.22. The molecule has 2 unspecified atom stereocenters. The highest BCUT2D eigenvalue weighted by Gasteiger charge is 2.22. The maximum Gasteiger partial charge on any atom is 0.121 e. The van der Waals surface area contributed by atoms with Crippen molar-refractivity contribution in [3.8, 4) is 5.75 Å². The quantitative estimate of drug-likeness (QED) is 0.801. The van der Waals surface area contributed by atoms with Gasteiger partial charge in [0.2, 0.25) is 0 Å². The first-order valence-electron chi connectivity index (χ1n) is 7.31. The molecule has 0 amide bonds. The monoisotopic (exact) mass is 247 g/mol. The molecule has 18 heavy (non-hydrogen) atoms. The number of hydrogen-bond acceptors (Lipinski definition) is 2. The van der Waals surface area contributed by atoms with Crippen molar-refractivity contribution in [2.75, 3.05) is 11.9 Å². The molecule has 0 radical (unpaired) electrons.